The highest BCUT2D eigenvalue weighted by molar-refractivity contribution is 5.91. The van der Waals surface area contributed by atoms with E-state index in [4.69, 9.17) is 10.5 Å². The Morgan fingerprint density at radius 1 is 1.21 bits per heavy atom. The Bertz CT molecular complexity index is 881. The van der Waals surface area contributed by atoms with E-state index < -0.39 is 0 Å². The summed E-state index contributed by atoms with van der Waals surface area (Å²) >= 11 is 0. The highest BCUT2D eigenvalue weighted by Gasteiger charge is 2.08. The number of nitrogen functional groups attached to an aromatic ring is 1. The van der Waals surface area contributed by atoms with Crippen molar-refractivity contribution in [1.82, 2.24) is 15.2 Å². The molecule has 1 aromatic carbocycles. The van der Waals surface area contributed by atoms with Crippen LogP contribution in [-0.2, 0) is 4.79 Å². The van der Waals surface area contributed by atoms with E-state index in [9.17, 15) is 4.79 Å². The molecule has 1 heterocycles. The summed E-state index contributed by atoms with van der Waals surface area (Å²) in [5.74, 6) is 1.49. The summed E-state index contributed by atoms with van der Waals surface area (Å²) in [6.07, 6.45) is 0.704. The van der Waals surface area contributed by atoms with Gasteiger partial charge in [-0.2, -0.15) is 0 Å². The van der Waals surface area contributed by atoms with Gasteiger partial charge < -0.3 is 26.0 Å². The van der Waals surface area contributed by atoms with Gasteiger partial charge in [0.05, 0.1) is 12.3 Å². The number of amides is 1. The van der Waals surface area contributed by atoms with Gasteiger partial charge >= 0.3 is 0 Å². The molecule has 0 saturated carbocycles. The normalized spacial score (nSPS) is 11.0. The summed E-state index contributed by atoms with van der Waals surface area (Å²) in [5.41, 5.74) is 6.87. The zero-order chi connectivity index (χ0) is 21.2. The number of anilines is 2. The number of nitrogens with one attached hydrogen (secondary N) is 2. The van der Waals surface area contributed by atoms with Crippen LogP contribution in [-0.4, -0.2) is 50.0 Å². The van der Waals surface area contributed by atoms with Gasteiger partial charge in [0.1, 0.15) is 17.2 Å². The minimum Gasteiger partial charge on any atom is -0.460 e. The number of nitrogens with zero attached hydrogens (tertiary/aromatic N) is 4. The summed E-state index contributed by atoms with van der Waals surface area (Å²) < 4.78 is 5.83. The summed E-state index contributed by atoms with van der Waals surface area (Å²) in [5, 5.41) is 13.8. The third-order valence-corrected chi connectivity index (χ3v) is 3.73. The van der Waals surface area contributed by atoms with E-state index in [-0.39, 0.29) is 18.3 Å². The van der Waals surface area contributed by atoms with Crippen molar-refractivity contribution >= 4 is 28.9 Å². The molecule has 2 aromatic rings. The Morgan fingerprint density at radius 2 is 1.93 bits per heavy atom. The van der Waals surface area contributed by atoms with Crippen LogP contribution in [0.3, 0.4) is 0 Å². The number of ether oxygens (including phenoxy) is 1. The molecule has 154 valence electrons. The largest absolute Gasteiger partial charge is 0.460 e. The second kappa shape index (κ2) is 10.9. The summed E-state index contributed by atoms with van der Waals surface area (Å²) in [6, 6.07) is 10.5. The molecule has 0 radical (unpaired) electrons. The molecule has 0 atom stereocenters. The number of benzene rings is 1. The van der Waals surface area contributed by atoms with E-state index in [0.717, 1.165) is 6.54 Å². The van der Waals surface area contributed by atoms with Gasteiger partial charge in [0.15, 0.2) is 11.6 Å². The molecule has 0 spiro atoms. The fourth-order valence-corrected chi connectivity index (χ4v) is 2.26. The standard InChI is InChI=1S/C20H27N7O2/c1-14(11-12-27(3)4)29-17-8-6-5-7-15(17)25-26-16-9-10-18(24-20(16)21)23-19(28)13-22-2/h5-10,22H,1,11-13H2,2-4H3,(H3,21,23,24,28). The molecule has 0 aliphatic rings. The lowest BCUT2D eigenvalue weighted by atomic mass is 10.3. The quantitative estimate of drug-likeness (QED) is 0.419. The Labute approximate surface area is 170 Å². The van der Waals surface area contributed by atoms with Gasteiger partial charge in [-0.25, -0.2) is 4.98 Å². The second-order valence-electron chi connectivity index (χ2n) is 6.54. The molecular weight excluding hydrogens is 370 g/mol. The van der Waals surface area contributed by atoms with Gasteiger partial charge in [0.2, 0.25) is 5.91 Å². The fourth-order valence-electron chi connectivity index (χ4n) is 2.26. The fraction of sp³-hybridized carbons (Fsp3) is 0.300. The average Bonchev–Trinajstić information content (AvgIpc) is 2.67. The predicted molar refractivity (Wildman–Crippen MR) is 115 cm³/mol. The first kappa shape index (κ1) is 22.0. The maximum Gasteiger partial charge on any atom is 0.239 e. The van der Waals surface area contributed by atoms with Crippen molar-refractivity contribution in [2.75, 3.05) is 45.3 Å². The lowest BCUT2D eigenvalue weighted by molar-refractivity contribution is -0.115. The topological polar surface area (TPSA) is 117 Å². The average molecular weight is 397 g/mol. The Hall–Kier alpha value is -3.30. The molecule has 0 bridgehead atoms. The first-order valence-electron chi connectivity index (χ1n) is 9.11. The lowest BCUT2D eigenvalue weighted by Crippen LogP contribution is -2.25. The van der Waals surface area contributed by atoms with Gasteiger partial charge in [-0.05, 0) is 45.4 Å². The molecule has 0 aliphatic carbocycles. The zero-order valence-corrected chi connectivity index (χ0v) is 17.0. The molecular formula is C20H27N7O2. The van der Waals surface area contributed by atoms with Gasteiger partial charge in [0, 0.05) is 13.0 Å². The monoisotopic (exact) mass is 397 g/mol. The molecule has 0 aliphatic heterocycles. The molecule has 0 fully saturated rings. The van der Waals surface area contributed by atoms with Crippen LogP contribution < -0.4 is 21.1 Å². The number of likely N-dealkylation sites (N-methyl/N-ethyl adjacent to an activating group) is 1. The van der Waals surface area contributed by atoms with Crippen LogP contribution in [0.15, 0.2) is 59.0 Å². The minimum atomic E-state index is -0.214. The van der Waals surface area contributed by atoms with Crippen molar-refractivity contribution in [3.05, 3.63) is 48.7 Å². The van der Waals surface area contributed by atoms with Gasteiger partial charge in [0.25, 0.3) is 0 Å². The summed E-state index contributed by atoms with van der Waals surface area (Å²) in [7, 11) is 5.67. The maximum atomic E-state index is 11.6. The molecule has 0 saturated heterocycles. The Balaban J connectivity index is 2.10. The Morgan fingerprint density at radius 3 is 2.62 bits per heavy atom. The molecule has 9 nitrogen and oxygen atoms in total. The predicted octanol–water partition coefficient (Wildman–Crippen LogP) is 3.08. The van der Waals surface area contributed by atoms with E-state index in [1.165, 1.54) is 0 Å². The van der Waals surface area contributed by atoms with Crippen LogP contribution in [0.25, 0.3) is 0 Å². The second-order valence-corrected chi connectivity index (χ2v) is 6.54. The third-order valence-electron chi connectivity index (χ3n) is 3.73. The summed E-state index contributed by atoms with van der Waals surface area (Å²) in [4.78, 5) is 17.8. The van der Waals surface area contributed by atoms with Crippen molar-refractivity contribution in [2.24, 2.45) is 10.2 Å². The molecule has 4 N–H and O–H groups in total. The lowest BCUT2D eigenvalue weighted by Gasteiger charge is -2.13. The molecule has 1 aromatic heterocycles. The zero-order valence-electron chi connectivity index (χ0n) is 17.0. The van der Waals surface area contributed by atoms with Crippen LogP contribution in [0.1, 0.15) is 6.42 Å². The number of nitrogens with two attached hydrogens (primary N) is 1. The number of rotatable bonds is 10. The third kappa shape index (κ3) is 7.32. The molecule has 29 heavy (non-hydrogen) atoms. The number of aromatic nitrogens is 1. The smallest absolute Gasteiger partial charge is 0.239 e. The molecule has 2 rings (SSSR count). The van der Waals surface area contributed by atoms with Crippen molar-refractivity contribution in [3.8, 4) is 5.75 Å². The number of carbonyl (C=O) groups excluding carboxylic acids is 1. The SMILES string of the molecule is C=C(CCN(C)C)Oc1ccccc1N=Nc1ccc(NC(=O)CNC)nc1N. The van der Waals surface area contributed by atoms with Crippen LogP contribution in [0.5, 0.6) is 5.75 Å². The number of pyridine rings is 1. The van der Waals surface area contributed by atoms with Crippen LogP contribution in [0.4, 0.5) is 23.0 Å². The van der Waals surface area contributed by atoms with Crippen LogP contribution in [0.2, 0.25) is 0 Å². The number of carbonyl (C=O) groups is 1. The maximum absolute atomic E-state index is 11.6. The molecule has 1 amide bonds. The van der Waals surface area contributed by atoms with Crippen molar-refractivity contribution in [1.29, 1.82) is 0 Å². The van der Waals surface area contributed by atoms with Crippen molar-refractivity contribution in [3.63, 3.8) is 0 Å². The highest BCUT2D eigenvalue weighted by atomic mass is 16.5. The highest BCUT2D eigenvalue weighted by Crippen LogP contribution is 2.31. The number of hydrogen-bond acceptors (Lipinski definition) is 8. The van der Waals surface area contributed by atoms with E-state index in [1.54, 1.807) is 31.3 Å². The van der Waals surface area contributed by atoms with Gasteiger partial charge in [-0.15, -0.1) is 10.2 Å². The van der Waals surface area contributed by atoms with Crippen molar-refractivity contribution < 1.29 is 9.53 Å². The van der Waals surface area contributed by atoms with E-state index in [0.29, 0.717) is 35.1 Å². The summed E-state index contributed by atoms with van der Waals surface area (Å²) in [6.45, 7) is 4.97. The molecule has 0 unspecified atom stereocenters. The van der Waals surface area contributed by atoms with E-state index in [1.807, 2.05) is 26.2 Å². The molecule has 9 heteroatoms. The van der Waals surface area contributed by atoms with E-state index >= 15 is 0 Å². The number of hydrogen-bond donors (Lipinski definition) is 3. The first-order chi connectivity index (χ1) is 13.9. The van der Waals surface area contributed by atoms with Gasteiger partial charge in [-0.3, -0.25) is 4.79 Å². The van der Waals surface area contributed by atoms with E-state index in [2.05, 4.69) is 37.3 Å². The van der Waals surface area contributed by atoms with Crippen LogP contribution >= 0.6 is 0 Å². The van der Waals surface area contributed by atoms with Crippen molar-refractivity contribution in [2.45, 2.75) is 6.42 Å². The number of azo groups is 1. The van der Waals surface area contributed by atoms with Crippen LogP contribution in [0, 0.1) is 0 Å². The Kier molecular flexibility index (Phi) is 8.26. The first-order valence-corrected chi connectivity index (χ1v) is 9.11. The number of para-hydroxylation sites is 1. The minimum absolute atomic E-state index is 0.157. The van der Waals surface area contributed by atoms with Gasteiger partial charge in [-0.1, -0.05) is 18.7 Å².